The molecule has 0 saturated carbocycles. The highest BCUT2D eigenvalue weighted by molar-refractivity contribution is 6.31. The van der Waals surface area contributed by atoms with Gasteiger partial charge in [0.15, 0.2) is 5.58 Å². The lowest BCUT2D eigenvalue weighted by Gasteiger charge is -2.25. The van der Waals surface area contributed by atoms with Gasteiger partial charge in [-0.3, -0.25) is 0 Å². The van der Waals surface area contributed by atoms with Crippen molar-refractivity contribution in [2.75, 3.05) is 4.90 Å². The molecule has 7 aromatic carbocycles. The van der Waals surface area contributed by atoms with E-state index in [0.717, 1.165) is 66.4 Å². The molecule has 202 valence electrons. The van der Waals surface area contributed by atoms with Gasteiger partial charge in [0.2, 0.25) is 5.89 Å². The van der Waals surface area contributed by atoms with E-state index in [1.54, 1.807) is 0 Å². The smallest absolute Gasteiger partial charge is 0.227 e. The van der Waals surface area contributed by atoms with Crippen LogP contribution in [0.25, 0.3) is 66.4 Å². The van der Waals surface area contributed by atoms with Crippen molar-refractivity contribution in [3.05, 3.63) is 146 Å². The Bertz CT molecular complexity index is 2290. The van der Waals surface area contributed by atoms with Crippen LogP contribution in [0.3, 0.4) is 0 Å². The van der Waals surface area contributed by atoms with Gasteiger partial charge in [-0.1, -0.05) is 84.9 Å². The van der Waals surface area contributed by atoms with Gasteiger partial charge in [-0.25, -0.2) is 4.98 Å². The molecule has 9 aromatic rings. The van der Waals surface area contributed by atoms with E-state index in [0.29, 0.717) is 5.89 Å². The Morgan fingerprint density at radius 3 is 1.63 bits per heavy atom. The largest absolute Gasteiger partial charge is 0.456 e. The van der Waals surface area contributed by atoms with Crippen LogP contribution in [0, 0.1) is 0 Å². The Balaban J connectivity index is 1.14. The van der Waals surface area contributed by atoms with Crippen molar-refractivity contribution in [1.82, 2.24) is 4.98 Å². The van der Waals surface area contributed by atoms with Crippen LogP contribution in [0.15, 0.2) is 154 Å². The fourth-order valence-electron chi connectivity index (χ4n) is 6.27. The van der Waals surface area contributed by atoms with E-state index in [2.05, 4.69) is 114 Å². The van der Waals surface area contributed by atoms with Crippen LogP contribution >= 0.6 is 0 Å². The number of furan rings is 1. The van der Waals surface area contributed by atoms with Crippen LogP contribution in [0.5, 0.6) is 0 Å². The normalized spacial score (nSPS) is 11.7. The Hall–Kier alpha value is -5.87. The van der Waals surface area contributed by atoms with Gasteiger partial charge in [-0.15, -0.1) is 0 Å². The molecule has 4 heteroatoms. The maximum absolute atomic E-state index is 6.50. The number of para-hydroxylation sites is 1. The molecule has 2 aromatic heterocycles. The highest BCUT2D eigenvalue weighted by Gasteiger charge is 2.21. The zero-order valence-electron chi connectivity index (χ0n) is 23.1. The van der Waals surface area contributed by atoms with Gasteiger partial charge in [-0.05, 0) is 71.8 Å². The Morgan fingerprint density at radius 2 is 0.953 bits per heavy atom. The van der Waals surface area contributed by atoms with Crippen LogP contribution in [-0.2, 0) is 0 Å². The Morgan fingerprint density at radius 1 is 0.419 bits per heavy atom. The zero-order chi connectivity index (χ0) is 28.3. The lowest BCUT2D eigenvalue weighted by Crippen LogP contribution is -2.09. The number of aromatic nitrogens is 1. The predicted molar refractivity (Wildman–Crippen MR) is 176 cm³/mol. The molecule has 9 rings (SSSR count). The van der Waals surface area contributed by atoms with E-state index >= 15 is 0 Å². The van der Waals surface area contributed by atoms with Gasteiger partial charge in [-0.2, -0.15) is 0 Å². The third kappa shape index (κ3) is 3.74. The topological polar surface area (TPSA) is 42.4 Å². The molecule has 0 aliphatic carbocycles. The Kier molecular flexibility index (Phi) is 5.16. The average molecular weight is 553 g/mol. The van der Waals surface area contributed by atoms with E-state index in [-0.39, 0.29) is 0 Å². The number of anilines is 3. The highest BCUT2D eigenvalue weighted by Crippen LogP contribution is 2.43. The molecule has 0 aliphatic rings. The summed E-state index contributed by atoms with van der Waals surface area (Å²) in [6, 6.07) is 50.3. The van der Waals surface area contributed by atoms with Crippen LogP contribution in [0.2, 0.25) is 0 Å². The van der Waals surface area contributed by atoms with Crippen molar-refractivity contribution < 1.29 is 8.83 Å². The number of benzene rings is 7. The summed E-state index contributed by atoms with van der Waals surface area (Å²) < 4.78 is 12.6. The standard InChI is InChI=1S/C39H24N2O2/c1-3-9-25(10-4-1)26-17-21-29(22-18-26)41(28-11-5-2-6-12-28)30-23-19-27(20-24-30)39-40-37-31-13-7-15-33-35(31)36-32(38(37)43-39)14-8-16-34(36)42-33/h1-24H. The summed E-state index contributed by atoms with van der Waals surface area (Å²) in [4.78, 5) is 7.28. The molecule has 0 fully saturated rings. The minimum Gasteiger partial charge on any atom is -0.456 e. The van der Waals surface area contributed by atoms with Crippen LogP contribution < -0.4 is 4.90 Å². The molecule has 0 spiro atoms. The summed E-state index contributed by atoms with van der Waals surface area (Å²) in [5, 5.41) is 4.27. The number of rotatable bonds is 5. The predicted octanol–water partition coefficient (Wildman–Crippen LogP) is 11.1. The number of oxazole rings is 1. The second-order valence-corrected chi connectivity index (χ2v) is 10.8. The van der Waals surface area contributed by atoms with E-state index in [4.69, 9.17) is 13.8 Å². The monoisotopic (exact) mass is 552 g/mol. The van der Waals surface area contributed by atoms with Crippen LogP contribution in [0.4, 0.5) is 17.1 Å². The summed E-state index contributed by atoms with van der Waals surface area (Å²) in [6.45, 7) is 0. The third-order valence-electron chi connectivity index (χ3n) is 8.27. The van der Waals surface area contributed by atoms with Crippen molar-refractivity contribution in [1.29, 1.82) is 0 Å². The molecule has 0 radical (unpaired) electrons. The zero-order valence-corrected chi connectivity index (χ0v) is 23.1. The summed E-state index contributed by atoms with van der Waals surface area (Å²) in [6.07, 6.45) is 0. The SMILES string of the molecule is c1ccc(-c2ccc(N(c3ccccc3)c3ccc(-c4nc5c6cccc7oc8cccc(c5o4)c8c76)cc3)cc2)cc1. The lowest BCUT2D eigenvalue weighted by atomic mass is 10.0. The summed E-state index contributed by atoms with van der Waals surface area (Å²) in [7, 11) is 0. The van der Waals surface area contributed by atoms with E-state index in [1.807, 2.05) is 36.4 Å². The van der Waals surface area contributed by atoms with Crippen molar-refractivity contribution in [2.24, 2.45) is 0 Å². The number of nitrogens with zero attached hydrogens (tertiary/aromatic N) is 2. The molecule has 43 heavy (non-hydrogen) atoms. The fourth-order valence-corrected chi connectivity index (χ4v) is 6.27. The molecule has 0 amide bonds. The molecule has 0 N–H and O–H groups in total. The maximum Gasteiger partial charge on any atom is 0.227 e. The molecule has 0 saturated heterocycles. The van der Waals surface area contributed by atoms with Gasteiger partial charge in [0.1, 0.15) is 16.7 Å². The Labute approximate surface area is 247 Å². The molecular formula is C39H24N2O2. The molecule has 0 unspecified atom stereocenters. The van der Waals surface area contributed by atoms with Crippen molar-refractivity contribution in [2.45, 2.75) is 0 Å². The second-order valence-electron chi connectivity index (χ2n) is 10.8. The first kappa shape index (κ1) is 23.8. The van der Waals surface area contributed by atoms with E-state index in [1.165, 1.54) is 11.1 Å². The number of fused-ring (bicyclic) bond motifs is 3. The van der Waals surface area contributed by atoms with Gasteiger partial charge in [0, 0.05) is 44.2 Å². The summed E-state index contributed by atoms with van der Waals surface area (Å²) in [5.74, 6) is 0.603. The molecular weight excluding hydrogens is 528 g/mol. The highest BCUT2D eigenvalue weighted by atomic mass is 16.3. The first-order valence-corrected chi connectivity index (χ1v) is 14.4. The van der Waals surface area contributed by atoms with Gasteiger partial charge in [0.05, 0.1) is 0 Å². The molecule has 0 atom stereocenters. The van der Waals surface area contributed by atoms with Gasteiger partial charge in [0.25, 0.3) is 0 Å². The summed E-state index contributed by atoms with van der Waals surface area (Å²) >= 11 is 0. The van der Waals surface area contributed by atoms with Gasteiger partial charge < -0.3 is 13.7 Å². The molecule has 0 aliphatic heterocycles. The second kappa shape index (κ2) is 9.33. The average Bonchev–Trinajstić information content (AvgIpc) is 3.70. The number of hydrogen-bond donors (Lipinski definition) is 0. The fraction of sp³-hybridized carbons (Fsp3) is 0. The summed E-state index contributed by atoms with van der Waals surface area (Å²) in [5.41, 5.74) is 9.93. The first-order valence-electron chi connectivity index (χ1n) is 14.4. The minimum absolute atomic E-state index is 0.603. The molecule has 2 heterocycles. The minimum atomic E-state index is 0.603. The molecule has 4 nitrogen and oxygen atoms in total. The first-order chi connectivity index (χ1) is 21.3. The van der Waals surface area contributed by atoms with E-state index < -0.39 is 0 Å². The van der Waals surface area contributed by atoms with Crippen molar-refractivity contribution in [3.8, 4) is 22.6 Å². The van der Waals surface area contributed by atoms with E-state index in [9.17, 15) is 0 Å². The molecule has 0 bridgehead atoms. The van der Waals surface area contributed by atoms with Crippen LogP contribution in [0.1, 0.15) is 0 Å². The quantitative estimate of drug-likeness (QED) is 0.199. The van der Waals surface area contributed by atoms with Gasteiger partial charge >= 0.3 is 0 Å². The van der Waals surface area contributed by atoms with Crippen molar-refractivity contribution >= 4 is 60.9 Å². The maximum atomic E-state index is 6.50. The van der Waals surface area contributed by atoms with Crippen LogP contribution in [-0.4, -0.2) is 4.98 Å². The number of hydrogen-bond acceptors (Lipinski definition) is 4. The van der Waals surface area contributed by atoms with Crippen molar-refractivity contribution in [3.63, 3.8) is 0 Å². The lowest BCUT2D eigenvalue weighted by molar-refractivity contribution is 0.623. The third-order valence-corrected chi connectivity index (χ3v) is 8.27.